The lowest BCUT2D eigenvalue weighted by atomic mass is 9.90. The van der Waals surface area contributed by atoms with E-state index in [4.69, 9.17) is 0 Å². The van der Waals surface area contributed by atoms with Gasteiger partial charge in [-0.2, -0.15) is 0 Å². The van der Waals surface area contributed by atoms with Crippen molar-refractivity contribution in [2.45, 2.75) is 58.5 Å². The summed E-state index contributed by atoms with van der Waals surface area (Å²) in [5, 5.41) is 3.53. The van der Waals surface area contributed by atoms with Crippen LogP contribution in [0.3, 0.4) is 0 Å². The van der Waals surface area contributed by atoms with Crippen molar-refractivity contribution < 1.29 is 0 Å². The van der Waals surface area contributed by atoms with Crippen LogP contribution in [0.5, 0.6) is 0 Å². The monoisotopic (exact) mass is 200 g/mol. The van der Waals surface area contributed by atoms with Crippen LogP contribution in [0.2, 0.25) is 0 Å². The van der Waals surface area contributed by atoms with Gasteiger partial charge in [-0.15, -0.1) is 0 Å². The lowest BCUT2D eigenvalue weighted by Gasteiger charge is -2.32. The molecule has 1 saturated carbocycles. The summed E-state index contributed by atoms with van der Waals surface area (Å²) < 4.78 is 0. The summed E-state index contributed by atoms with van der Waals surface area (Å²) >= 11 is 0. The molecule has 0 aromatic heterocycles. The second kappa shape index (κ2) is 8.25. The SMILES string of the molecule is CC.CCNC1CCC(N(C)C)CC1. The minimum atomic E-state index is 0.797. The highest BCUT2D eigenvalue weighted by Crippen LogP contribution is 2.21. The Labute approximate surface area is 90.1 Å². The zero-order chi connectivity index (χ0) is 11.0. The van der Waals surface area contributed by atoms with Crippen molar-refractivity contribution in [2.24, 2.45) is 0 Å². The van der Waals surface area contributed by atoms with Crippen LogP contribution in [0, 0.1) is 0 Å². The van der Waals surface area contributed by atoms with Crippen molar-refractivity contribution in [3.05, 3.63) is 0 Å². The van der Waals surface area contributed by atoms with E-state index in [0.717, 1.165) is 18.6 Å². The van der Waals surface area contributed by atoms with E-state index in [1.807, 2.05) is 13.8 Å². The minimum absolute atomic E-state index is 0.797. The summed E-state index contributed by atoms with van der Waals surface area (Å²) in [5.41, 5.74) is 0. The highest BCUT2D eigenvalue weighted by atomic mass is 15.1. The summed E-state index contributed by atoms with van der Waals surface area (Å²) in [7, 11) is 4.39. The normalized spacial score (nSPS) is 27.0. The summed E-state index contributed by atoms with van der Waals surface area (Å²) in [4.78, 5) is 2.36. The Morgan fingerprint density at radius 1 is 1.07 bits per heavy atom. The Balaban J connectivity index is 0.000000791. The van der Waals surface area contributed by atoms with Gasteiger partial charge < -0.3 is 10.2 Å². The third-order valence-electron chi connectivity index (χ3n) is 2.92. The third kappa shape index (κ3) is 4.97. The van der Waals surface area contributed by atoms with E-state index in [1.165, 1.54) is 25.7 Å². The van der Waals surface area contributed by atoms with Crippen LogP contribution in [0.15, 0.2) is 0 Å². The van der Waals surface area contributed by atoms with Crippen molar-refractivity contribution >= 4 is 0 Å². The molecule has 0 bridgehead atoms. The Morgan fingerprint density at radius 3 is 1.93 bits per heavy atom. The molecular formula is C12H28N2. The van der Waals surface area contributed by atoms with Gasteiger partial charge in [0, 0.05) is 12.1 Å². The molecular weight excluding hydrogens is 172 g/mol. The topological polar surface area (TPSA) is 15.3 Å². The molecule has 0 saturated heterocycles. The molecule has 1 aliphatic rings. The molecule has 2 heteroatoms. The predicted octanol–water partition coefficient (Wildman–Crippen LogP) is 2.49. The maximum absolute atomic E-state index is 3.53. The first-order valence-electron chi connectivity index (χ1n) is 6.13. The molecule has 1 rings (SSSR count). The van der Waals surface area contributed by atoms with Crippen LogP contribution in [0.25, 0.3) is 0 Å². The number of hydrogen-bond acceptors (Lipinski definition) is 2. The van der Waals surface area contributed by atoms with Crippen LogP contribution in [-0.2, 0) is 0 Å². The van der Waals surface area contributed by atoms with Gasteiger partial charge in [-0.25, -0.2) is 0 Å². The summed E-state index contributed by atoms with van der Waals surface area (Å²) in [6.45, 7) is 7.31. The van der Waals surface area contributed by atoms with E-state index in [1.54, 1.807) is 0 Å². The van der Waals surface area contributed by atoms with Gasteiger partial charge in [-0.3, -0.25) is 0 Å². The Hall–Kier alpha value is -0.0800. The minimum Gasteiger partial charge on any atom is -0.314 e. The average molecular weight is 200 g/mol. The lowest BCUT2D eigenvalue weighted by Crippen LogP contribution is -2.39. The standard InChI is InChI=1S/C10H22N2.C2H6/c1-4-11-9-5-7-10(8-6-9)12(2)3;1-2/h9-11H,4-8H2,1-3H3;1-2H3. The fourth-order valence-electron chi connectivity index (χ4n) is 2.09. The summed E-state index contributed by atoms with van der Waals surface area (Å²) in [6.07, 6.45) is 5.45. The molecule has 86 valence electrons. The van der Waals surface area contributed by atoms with Gasteiger partial charge in [-0.05, 0) is 46.3 Å². The highest BCUT2D eigenvalue weighted by molar-refractivity contribution is 4.80. The first-order valence-corrected chi connectivity index (χ1v) is 6.13. The van der Waals surface area contributed by atoms with E-state index >= 15 is 0 Å². The second-order valence-electron chi connectivity index (χ2n) is 4.03. The van der Waals surface area contributed by atoms with Gasteiger partial charge >= 0.3 is 0 Å². The molecule has 1 aliphatic carbocycles. The van der Waals surface area contributed by atoms with Gasteiger partial charge in [0.15, 0.2) is 0 Å². The molecule has 0 aromatic rings. The first-order chi connectivity index (χ1) is 6.74. The van der Waals surface area contributed by atoms with Gasteiger partial charge in [0.25, 0.3) is 0 Å². The molecule has 2 nitrogen and oxygen atoms in total. The van der Waals surface area contributed by atoms with Crippen LogP contribution >= 0.6 is 0 Å². The van der Waals surface area contributed by atoms with E-state index in [0.29, 0.717) is 0 Å². The number of rotatable bonds is 3. The molecule has 0 heterocycles. The third-order valence-corrected chi connectivity index (χ3v) is 2.92. The number of hydrogen-bond donors (Lipinski definition) is 1. The van der Waals surface area contributed by atoms with E-state index < -0.39 is 0 Å². The lowest BCUT2D eigenvalue weighted by molar-refractivity contribution is 0.205. The predicted molar refractivity (Wildman–Crippen MR) is 64.8 cm³/mol. The summed E-state index contributed by atoms with van der Waals surface area (Å²) in [6, 6.07) is 1.63. The van der Waals surface area contributed by atoms with Crippen LogP contribution in [0.4, 0.5) is 0 Å². The maximum Gasteiger partial charge on any atom is 0.00903 e. The van der Waals surface area contributed by atoms with Crippen molar-refractivity contribution in [2.75, 3.05) is 20.6 Å². The molecule has 0 aliphatic heterocycles. The summed E-state index contributed by atoms with van der Waals surface area (Å²) in [5.74, 6) is 0. The first kappa shape index (κ1) is 13.9. The Kier molecular flexibility index (Phi) is 8.20. The molecule has 1 fully saturated rings. The van der Waals surface area contributed by atoms with Crippen molar-refractivity contribution in [1.82, 2.24) is 10.2 Å². The van der Waals surface area contributed by atoms with E-state index in [-0.39, 0.29) is 0 Å². The molecule has 0 atom stereocenters. The van der Waals surface area contributed by atoms with Gasteiger partial charge in [-0.1, -0.05) is 20.8 Å². The molecule has 0 spiro atoms. The fraction of sp³-hybridized carbons (Fsp3) is 1.00. The highest BCUT2D eigenvalue weighted by Gasteiger charge is 2.21. The van der Waals surface area contributed by atoms with Crippen LogP contribution in [-0.4, -0.2) is 37.6 Å². The number of nitrogens with zero attached hydrogens (tertiary/aromatic N) is 1. The van der Waals surface area contributed by atoms with Crippen LogP contribution in [0.1, 0.15) is 46.5 Å². The van der Waals surface area contributed by atoms with Crippen molar-refractivity contribution in [3.63, 3.8) is 0 Å². The molecule has 14 heavy (non-hydrogen) atoms. The Bertz CT molecular complexity index is 115. The average Bonchev–Trinajstić information content (AvgIpc) is 2.22. The van der Waals surface area contributed by atoms with Crippen molar-refractivity contribution in [1.29, 1.82) is 0 Å². The largest absolute Gasteiger partial charge is 0.314 e. The zero-order valence-corrected chi connectivity index (χ0v) is 10.6. The molecule has 1 N–H and O–H groups in total. The van der Waals surface area contributed by atoms with E-state index in [9.17, 15) is 0 Å². The van der Waals surface area contributed by atoms with Gasteiger partial charge in [0.1, 0.15) is 0 Å². The Morgan fingerprint density at radius 2 is 1.57 bits per heavy atom. The quantitative estimate of drug-likeness (QED) is 0.753. The molecule has 0 amide bonds. The van der Waals surface area contributed by atoms with Crippen molar-refractivity contribution in [3.8, 4) is 0 Å². The van der Waals surface area contributed by atoms with Gasteiger partial charge in [0.05, 0.1) is 0 Å². The second-order valence-corrected chi connectivity index (χ2v) is 4.03. The van der Waals surface area contributed by atoms with Gasteiger partial charge in [0.2, 0.25) is 0 Å². The number of nitrogens with one attached hydrogen (secondary N) is 1. The van der Waals surface area contributed by atoms with E-state index in [2.05, 4.69) is 31.2 Å². The van der Waals surface area contributed by atoms with Crippen LogP contribution < -0.4 is 5.32 Å². The smallest absolute Gasteiger partial charge is 0.00903 e. The maximum atomic E-state index is 3.53. The molecule has 0 radical (unpaired) electrons. The molecule has 0 unspecified atom stereocenters. The fourth-order valence-corrected chi connectivity index (χ4v) is 2.09. The zero-order valence-electron chi connectivity index (χ0n) is 10.6. The molecule has 0 aromatic carbocycles.